The first kappa shape index (κ1) is 12.6. The van der Waals surface area contributed by atoms with Gasteiger partial charge in [-0.2, -0.15) is 0 Å². The number of aromatic nitrogens is 1. The molecule has 0 amide bonds. The van der Waals surface area contributed by atoms with Crippen molar-refractivity contribution in [2.24, 2.45) is 0 Å². The van der Waals surface area contributed by atoms with Crippen LogP contribution in [0.1, 0.15) is 28.0 Å². The Kier molecular flexibility index (Phi) is 4.43. The molecule has 0 radical (unpaired) electrons. The zero-order chi connectivity index (χ0) is 12.1. The molecule has 1 aromatic rings. The lowest BCUT2D eigenvalue weighted by Gasteiger charge is -2.11. The molecule has 0 unspecified atom stereocenters. The fourth-order valence-electron chi connectivity index (χ4n) is 1.73. The molecule has 0 N–H and O–H groups in total. The van der Waals surface area contributed by atoms with Crippen LogP contribution >= 0.6 is 0 Å². The second-order valence-corrected chi connectivity index (χ2v) is 3.80. The molecule has 88 valence electrons. The van der Waals surface area contributed by atoms with E-state index in [4.69, 9.17) is 4.74 Å². The maximum Gasteiger partial charge on any atom is 0.261 e. The maximum atomic E-state index is 11.9. The molecule has 0 aromatic carbocycles. The van der Waals surface area contributed by atoms with Crippen molar-refractivity contribution in [2.75, 3.05) is 13.7 Å². The summed E-state index contributed by atoms with van der Waals surface area (Å²) in [5, 5.41) is 0. The highest BCUT2D eigenvalue weighted by Crippen LogP contribution is 2.05. The minimum atomic E-state index is -0.205. The molecule has 4 nitrogen and oxygen atoms in total. The van der Waals surface area contributed by atoms with E-state index in [2.05, 4.69) is 0 Å². The van der Waals surface area contributed by atoms with Crippen LogP contribution in [0.5, 0.6) is 0 Å². The first-order chi connectivity index (χ1) is 7.61. The number of rotatable bonds is 5. The van der Waals surface area contributed by atoms with Crippen LogP contribution in [0, 0.1) is 13.8 Å². The summed E-state index contributed by atoms with van der Waals surface area (Å²) in [7, 11) is 1.63. The maximum absolute atomic E-state index is 11.9. The Labute approximate surface area is 94.9 Å². The number of carbonyl (C=O) groups excluding carboxylic acids is 1. The minimum absolute atomic E-state index is 0.205. The van der Waals surface area contributed by atoms with Crippen LogP contribution in [0.3, 0.4) is 0 Å². The molecule has 1 heterocycles. The zero-order valence-electron chi connectivity index (χ0n) is 9.95. The van der Waals surface area contributed by atoms with E-state index < -0.39 is 0 Å². The summed E-state index contributed by atoms with van der Waals surface area (Å²) in [6.07, 6.45) is 1.39. The molecule has 0 aliphatic heterocycles. The Balaban J connectivity index is 3.08. The van der Waals surface area contributed by atoms with E-state index in [0.717, 1.165) is 17.7 Å². The van der Waals surface area contributed by atoms with E-state index in [0.29, 0.717) is 19.4 Å². The van der Waals surface area contributed by atoms with E-state index >= 15 is 0 Å². The third-order valence-electron chi connectivity index (χ3n) is 2.60. The smallest absolute Gasteiger partial charge is 0.261 e. The Bertz CT molecular complexity index is 435. The number of aryl methyl sites for hydroxylation is 2. The highest BCUT2D eigenvalue weighted by molar-refractivity contribution is 5.76. The second kappa shape index (κ2) is 5.61. The molecule has 0 aliphatic carbocycles. The van der Waals surface area contributed by atoms with Gasteiger partial charge in [-0.25, -0.2) is 0 Å². The fourth-order valence-corrected chi connectivity index (χ4v) is 1.73. The topological polar surface area (TPSA) is 48.3 Å². The van der Waals surface area contributed by atoms with Crippen molar-refractivity contribution in [2.45, 2.75) is 26.8 Å². The summed E-state index contributed by atoms with van der Waals surface area (Å²) in [5.41, 5.74) is 1.66. The van der Waals surface area contributed by atoms with Gasteiger partial charge in [0.15, 0.2) is 6.29 Å². The lowest BCUT2D eigenvalue weighted by molar-refractivity contribution is 0.112. The number of carbonyl (C=O) groups is 1. The summed E-state index contributed by atoms with van der Waals surface area (Å²) in [6, 6.07) is 1.86. The van der Waals surface area contributed by atoms with Gasteiger partial charge in [0.2, 0.25) is 0 Å². The highest BCUT2D eigenvalue weighted by Gasteiger charge is 2.08. The van der Waals surface area contributed by atoms with Gasteiger partial charge in [-0.3, -0.25) is 9.59 Å². The molecule has 0 bridgehead atoms. The number of hydrogen-bond donors (Lipinski definition) is 0. The quantitative estimate of drug-likeness (QED) is 0.558. The molecule has 0 atom stereocenters. The molecule has 0 fully saturated rings. The Morgan fingerprint density at radius 3 is 2.69 bits per heavy atom. The molecule has 0 saturated heterocycles. The fraction of sp³-hybridized carbons (Fsp3) is 0.500. The van der Waals surface area contributed by atoms with Gasteiger partial charge >= 0.3 is 0 Å². The number of hydrogen-bond acceptors (Lipinski definition) is 3. The molecule has 0 saturated carbocycles. The van der Waals surface area contributed by atoms with Gasteiger partial charge in [-0.15, -0.1) is 0 Å². The SMILES string of the molecule is COCCCn1c(C)cc(C)c(C=O)c1=O. The summed E-state index contributed by atoms with van der Waals surface area (Å²) >= 11 is 0. The Morgan fingerprint density at radius 1 is 1.44 bits per heavy atom. The molecule has 4 heteroatoms. The van der Waals surface area contributed by atoms with Crippen molar-refractivity contribution in [3.8, 4) is 0 Å². The average Bonchev–Trinajstić information content (AvgIpc) is 2.23. The van der Waals surface area contributed by atoms with Gasteiger partial charge in [-0.1, -0.05) is 0 Å². The zero-order valence-corrected chi connectivity index (χ0v) is 9.95. The van der Waals surface area contributed by atoms with Crippen LogP contribution in [-0.4, -0.2) is 24.6 Å². The molecule has 0 aliphatic rings. The predicted molar refractivity (Wildman–Crippen MR) is 62.1 cm³/mol. The molecule has 1 rings (SSSR count). The van der Waals surface area contributed by atoms with Gasteiger partial charge in [0.1, 0.15) is 0 Å². The third kappa shape index (κ3) is 2.58. The standard InChI is InChI=1S/C12H17NO3/c1-9-7-10(2)13(5-4-6-16-3)12(15)11(9)8-14/h7-8H,4-6H2,1-3H3. The van der Waals surface area contributed by atoms with E-state index in [1.807, 2.05) is 13.0 Å². The minimum Gasteiger partial charge on any atom is -0.385 e. The molecular formula is C12H17NO3. The van der Waals surface area contributed by atoms with E-state index in [1.165, 1.54) is 0 Å². The number of ether oxygens (including phenoxy) is 1. The predicted octanol–water partition coefficient (Wildman–Crippen LogP) is 1.31. The van der Waals surface area contributed by atoms with Crippen LogP contribution in [-0.2, 0) is 11.3 Å². The largest absolute Gasteiger partial charge is 0.385 e. The van der Waals surface area contributed by atoms with Crippen molar-refractivity contribution in [1.29, 1.82) is 0 Å². The number of nitrogens with zero attached hydrogens (tertiary/aromatic N) is 1. The highest BCUT2D eigenvalue weighted by atomic mass is 16.5. The van der Waals surface area contributed by atoms with Gasteiger partial charge < -0.3 is 9.30 Å². The van der Waals surface area contributed by atoms with Crippen LogP contribution in [0.4, 0.5) is 0 Å². The van der Waals surface area contributed by atoms with Gasteiger partial charge in [-0.05, 0) is 31.9 Å². The summed E-state index contributed by atoms with van der Waals surface area (Å²) < 4.78 is 6.56. The lowest BCUT2D eigenvalue weighted by Crippen LogP contribution is -2.27. The first-order valence-corrected chi connectivity index (χ1v) is 5.27. The first-order valence-electron chi connectivity index (χ1n) is 5.27. The molecule has 1 aromatic heterocycles. The van der Waals surface area contributed by atoms with Gasteiger partial charge in [0.25, 0.3) is 5.56 Å². The van der Waals surface area contributed by atoms with Crippen molar-refractivity contribution in [3.63, 3.8) is 0 Å². The summed E-state index contributed by atoms with van der Waals surface area (Å²) in [6.45, 7) is 4.84. The lowest BCUT2D eigenvalue weighted by atomic mass is 10.1. The molecule has 16 heavy (non-hydrogen) atoms. The Hall–Kier alpha value is -1.42. The van der Waals surface area contributed by atoms with Crippen molar-refractivity contribution >= 4 is 6.29 Å². The van der Waals surface area contributed by atoms with E-state index in [9.17, 15) is 9.59 Å². The second-order valence-electron chi connectivity index (χ2n) is 3.80. The van der Waals surface area contributed by atoms with Crippen LogP contribution in [0.15, 0.2) is 10.9 Å². The van der Waals surface area contributed by atoms with Crippen molar-refractivity contribution < 1.29 is 9.53 Å². The van der Waals surface area contributed by atoms with E-state index in [1.54, 1.807) is 18.6 Å². The molecule has 0 spiro atoms. The van der Waals surface area contributed by atoms with Crippen molar-refractivity contribution in [1.82, 2.24) is 4.57 Å². The number of aldehydes is 1. The Morgan fingerprint density at radius 2 is 2.12 bits per heavy atom. The molecular weight excluding hydrogens is 206 g/mol. The van der Waals surface area contributed by atoms with Gasteiger partial charge in [0, 0.05) is 26.0 Å². The monoisotopic (exact) mass is 223 g/mol. The number of pyridine rings is 1. The van der Waals surface area contributed by atoms with Crippen molar-refractivity contribution in [3.05, 3.63) is 33.2 Å². The number of methoxy groups -OCH3 is 1. The average molecular weight is 223 g/mol. The van der Waals surface area contributed by atoms with Gasteiger partial charge in [0.05, 0.1) is 5.56 Å². The normalized spacial score (nSPS) is 10.4. The van der Waals surface area contributed by atoms with Crippen LogP contribution in [0.25, 0.3) is 0 Å². The summed E-state index contributed by atoms with van der Waals surface area (Å²) in [5.74, 6) is 0. The van der Waals surface area contributed by atoms with E-state index in [-0.39, 0.29) is 11.1 Å². The third-order valence-corrected chi connectivity index (χ3v) is 2.60. The van der Waals surface area contributed by atoms with Crippen LogP contribution < -0.4 is 5.56 Å². The summed E-state index contributed by atoms with van der Waals surface area (Å²) in [4.78, 5) is 22.7. The van der Waals surface area contributed by atoms with Crippen LogP contribution in [0.2, 0.25) is 0 Å².